The summed E-state index contributed by atoms with van der Waals surface area (Å²) in [5.41, 5.74) is 0.662. The van der Waals surface area contributed by atoms with Crippen molar-refractivity contribution in [2.24, 2.45) is 0 Å². The van der Waals surface area contributed by atoms with Gasteiger partial charge in [0, 0.05) is 6.07 Å². The van der Waals surface area contributed by atoms with Gasteiger partial charge < -0.3 is 14.5 Å². The largest absolute Gasteiger partial charge is 0.586 e. The molecule has 2 aromatic rings. The van der Waals surface area contributed by atoms with Crippen molar-refractivity contribution >= 4 is 61.8 Å². The Bertz CT molecular complexity index is 686. The number of imidazole rings is 1. The van der Waals surface area contributed by atoms with Gasteiger partial charge in [0.25, 0.3) is 0 Å². The molecule has 19 heavy (non-hydrogen) atoms. The molecule has 0 unspecified atom stereocenters. The number of aromatic amines is 1. The van der Waals surface area contributed by atoms with E-state index in [9.17, 15) is 8.78 Å². The number of H-pyrrole nitrogens is 1. The second kappa shape index (κ2) is 4.00. The van der Waals surface area contributed by atoms with Gasteiger partial charge in [-0.15, -0.1) is 8.78 Å². The molecule has 0 spiro atoms. The van der Waals surface area contributed by atoms with E-state index in [0.717, 1.165) is 0 Å². The van der Waals surface area contributed by atoms with E-state index < -0.39 is 10.1 Å². The van der Waals surface area contributed by atoms with Gasteiger partial charge in [-0.05, 0) is 15.9 Å². The number of benzene rings is 1. The summed E-state index contributed by atoms with van der Waals surface area (Å²) in [6.07, 6.45) is -3.71. The Kier molecular flexibility index (Phi) is 2.84. The second-order valence-electron chi connectivity index (χ2n) is 3.66. The van der Waals surface area contributed by atoms with E-state index in [0.29, 0.717) is 11.0 Å². The van der Waals surface area contributed by atoms with Crippen molar-refractivity contribution in [1.29, 1.82) is 0 Å². The Balaban J connectivity index is 2.21. The highest BCUT2D eigenvalue weighted by Crippen LogP contribution is 2.49. The first-order valence-corrected chi connectivity index (χ1v) is 6.65. The van der Waals surface area contributed by atoms with Crippen molar-refractivity contribution in [2.45, 2.75) is 10.1 Å². The molecule has 0 amide bonds. The summed E-state index contributed by atoms with van der Waals surface area (Å²) < 4.78 is 33.1. The van der Waals surface area contributed by atoms with Gasteiger partial charge in [-0.25, -0.2) is 4.98 Å². The molecule has 0 aliphatic carbocycles. The molecule has 2 heterocycles. The number of halogens is 6. The van der Waals surface area contributed by atoms with E-state index in [1.165, 1.54) is 6.07 Å². The van der Waals surface area contributed by atoms with Crippen LogP contribution < -0.4 is 9.47 Å². The van der Waals surface area contributed by atoms with Gasteiger partial charge >= 0.3 is 6.29 Å². The van der Waals surface area contributed by atoms with Crippen molar-refractivity contribution in [1.82, 2.24) is 9.97 Å². The van der Waals surface area contributed by atoms with Crippen LogP contribution in [0, 0.1) is 0 Å². The Labute approximate surface area is 128 Å². The highest BCUT2D eigenvalue weighted by atomic mass is 79.9. The zero-order valence-electron chi connectivity index (χ0n) is 8.61. The van der Waals surface area contributed by atoms with Gasteiger partial charge in [0.05, 0.1) is 9.99 Å². The number of nitrogens with one attached hydrogen (secondary N) is 1. The Morgan fingerprint density at radius 1 is 1.32 bits per heavy atom. The lowest BCUT2D eigenvalue weighted by atomic mass is 10.3. The van der Waals surface area contributed by atoms with Crippen LogP contribution in [0.2, 0.25) is 0 Å². The maximum absolute atomic E-state index is 13.0. The van der Waals surface area contributed by atoms with Crippen molar-refractivity contribution in [2.75, 3.05) is 0 Å². The standard InChI is InChI=1S/C9H2BrCl3F2N2O2/c10-4-5-2(16-7(17-5)8(11,12)13)1-3-6(4)19-9(14,15)18-3/h1H,(H,16,17). The Morgan fingerprint density at radius 3 is 2.63 bits per heavy atom. The molecule has 0 bridgehead atoms. The Morgan fingerprint density at radius 2 is 2.00 bits per heavy atom. The van der Waals surface area contributed by atoms with Crippen LogP contribution >= 0.6 is 50.7 Å². The van der Waals surface area contributed by atoms with E-state index in [1.807, 2.05) is 0 Å². The summed E-state index contributed by atoms with van der Waals surface area (Å²) in [6, 6.07) is 1.29. The normalized spacial score (nSPS) is 17.2. The number of rotatable bonds is 0. The van der Waals surface area contributed by atoms with Crippen LogP contribution in [0.25, 0.3) is 11.0 Å². The summed E-state index contributed by atoms with van der Waals surface area (Å²) in [4.78, 5) is 6.75. The third-order valence-corrected chi connectivity index (χ3v) is 3.63. The molecule has 1 N–H and O–H groups in total. The van der Waals surface area contributed by atoms with E-state index in [4.69, 9.17) is 34.8 Å². The van der Waals surface area contributed by atoms with Crippen molar-refractivity contribution in [3.63, 3.8) is 0 Å². The van der Waals surface area contributed by atoms with E-state index in [-0.39, 0.29) is 21.8 Å². The quantitative estimate of drug-likeness (QED) is 0.671. The van der Waals surface area contributed by atoms with E-state index in [1.54, 1.807) is 0 Å². The van der Waals surface area contributed by atoms with Crippen LogP contribution in [0.3, 0.4) is 0 Å². The lowest BCUT2D eigenvalue weighted by molar-refractivity contribution is -0.286. The summed E-state index contributed by atoms with van der Waals surface area (Å²) in [5.74, 6) is -0.229. The molecular weight excluding hydrogens is 392 g/mol. The number of ether oxygens (including phenoxy) is 2. The van der Waals surface area contributed by atoms with Crippen LogP contribution in [0.4, 0.5) is 8.78 Å². The number of aromatic nitrogens is 2. The monoisotopic (exact) mass is 392 g/mol. The molecule has 1 aliphatic heterocycles. The average Bonchev–Trinajstić information content (AvgIpc) is 2.78. The first-order valence-electron chi connectivity index (χ1n) is 4.72. The second-order valence-corrected chi connectivity index (χ2v) is 6.74. The van der Waals surface area contributed by atoms with Crippen molar-refractivity contribution in [3.05, 3.63) is 16.4 Å². The number of nitrogens with zero attached hydrogens (tertiary/aromatic N) is 1. The lowest BCUT2D eigenvalue weighted by Gasteiger charge is -2.05. The van der Waals surface area contributed by atoms with Gasteiger partial charge in [-0.3, -0.25) is 0 Å². The molecule has 1 aromatic carbocycles. The van der Waals surface area contributed by atoms with Gasteiger partial charge in [-0.1, -0.05) is 34.8 Å². The predicted molar refractivity (Wildman–Crippen MR) is 69.2 cm³/mol. The highest BCUT2D eigenvalue weighted by Gasteiger charge is 2.45. The van der Waals surface area contributed by atoms with Crippen molar-refractivity contribution < 1.29 is 18.3 Å². The van der Waals surface area contributed by atoms with Crippen LogP contribution in [0.15, 0.2) is 10.5 Å². The molecule has 0 saturated carbocycles. The smallest absolute Gasteiger partial charge is 0.395 e. The molecule has 0 saturated heterocycles. The van der Waals surface area contributed by atoms with Gasteiger partial charge in [0.15, 0.2) is 17.3 Å². The topological polar surface area (TPSA) is 47.1 Å². The minimum atomic E-state index is -3.71. The van der Waals surface area contributed by atoms with Crippen LogP contribution in [-0.4, -0.2) is 16.3 Å². The van der Waals surface area contributed by atoms with Gasteiger partial charge in [-0.2, -0.15) is 0 Å². The fourth-order valence-corrected chi connectivity index (χ4v) is 2.49. The zero-order valence-corrected chi connectivity index (χ0v) is 12.5. The summed E-state index contributed by atoms with van der Waals surface area (Å²) in [6.45, 7) is 0. The summed E-state index contributed by atoms with van der Waals surface area (Å²) in [7, 11) is 0. The molecule has 0 radical (unpaired) electrons. The average molecular weight is 394 g/mol. The minimum absolute atomic E-state index is 0.0589. The summed E-state index contributed by atoms with van der Waals surface area (Å²) >= 11 is 20.2. The summed E-state index contributed by atoms with van der Waals surface area (Å²) in [5, 5.41) is 0. The maximum atomic E-state index is 13.0. The zero-order chi connectivity index (χ0) is 14.0. The minimum Gasteiger partial charge on any atom is -0.395 e. The number of hydrogen-bond donors (Lipinski definition) is 1. The first-order chi connectivity index (χ1) is 8.67. The highest BCUT2D eigenvalue weighted by molar-refractivity contribution is 9.10. The van der Waals surface area contributed by atoms with E-state index >= 15 is 0 Å². The first kappa shape index (κ1) is 13.5. The molecule has 1 aliphatic rings. The Hall–Kier alpha value is -0.500. The maximum Gasteiger partial charge on any atom is 0.586 e. The number of fused-ring (bicyclic) bond motifs is 2. The third-order valence-electron chi connectivity index (χ3n) is 2.36. The van der Waals surface area contributed by atoms with E-state index in [2.05, 4.69) is 35.4 Å². The molecule has 1 aromatic heterocycles. The van der Waals surface area contributed by atoms with Crippen LogP contribution in [0.1, 0.15) is 5.82 Å². The molecule has 3 rings (SSSR count). The predicted octanol–water partition coefficient (Wildman–Crippen LogP) is 4.47. The fourth-order valence-electron chi connectivity index (χ4n) is 1.64. The SMILES string of the molecule is FC1(F)Oc2cc3[nH]c(C(Cl)(Cl)Cl)nc3c(Br)c2O1. The third kappa shape index (κ3) is 2.22. The number of alkyl halides is 5. The lowest BCUT2D eigenvalue weighted by Crippen LogP contribution is -2.26. The molecule has 10 heteroatoms. The van der Waals surface area contributed by atoms with Crippen LogP contribution in [-0.2, 0) is 3.79 Å². The molecule has 4 nitrogen and oxygen atoms in total. The molecule has 102 valence electrons. The van der Waals surface area contributed by atoms with Gasteiger partial charge in [0.2, 0.25) is 3.79 Å². The molecule has 0 atom stereocenters. The number of hydrogen-bond acceptors (Lipinski definition) is 3. The van der Waals surface area contributed by atoms with Crippen LogP contribution in [0.5, 0.6) is 11.5 Å². The van der Waals surface area contributed by atoms with Gasteiger partial charge in [0.1, 0.15) is 5.52 Å². The fraction of sp³-hybridized carbons (Fsp3) is 0.222. The molecular formula is C9H2BrCl3F2N2O2. The molecule has 0 fully saturated rings. The van der Waals surface area contributed by atoms with Crippen molar-refractivity contribution in [3.8, 4) is 11.5 Å².